The lowest BCUT2D eigenvalue weighted by atomic mass is 10.2. The molecule has 0 saturated carbocycles. The number of hydrogen-bond donors (Lipinski definition) is 1. The monoisotopic (exact) mass is 484 g/mol. The van der Waals surface area contributed by atoms with Gasteiger partial charge in [0.05, 0.1) is 12.7 Å². The van der Waals surface area contributed by atoms with Crippen molar-refractivity contribution in [2.24, 2.45) is 0 Å². The van der Waals surface area contributed by atoms with Crippen LogP contribution in [0.25, 0.3) is 0 Å². The van der Waals surface area contributed by atoms with Gasteiger partial charge in [-0.2, -0.15) is 0 Å². The summed E-state index contributed by atoms with van der Waals surface area (Å²) in [6.07, 6.45) is 1.03. The molecule has 2 saturated heterocycles. The quantitative estimate of drug-likeness (QED) is 0.633. The first kappa shape index (κ1) is 25.6. The predicted molar refractivity (Wildman–Crippen MR) is 128 cm³/mol. The molecule has 0 aliphatic carbocycles. The maximum atomic E-state index is 12.5. The number of rotatable bonds is 5. The van der Waals surface area contributed by atoms with Crippen molar-refractivity contribution >= 4 is 17.1 Å². The van der Waals surface area contributed by atoms with Crippen LogP contribution >= 0.6 is 0 Å². The minimum absolute atomic E-state index is 0.228. The van der Waals surface area contributed by atoms with Crippen molar-refractivity contribution in [2.45, 2.75) is 109 Å². The molecular formula is C22H40N2O6Si2. The summed E-state index contributed by atoms with van der Waals surface area (Å²) < 4.78 is 28.7. The molecule has 3 atom stereocenters. The van der Waals surface area contributed by atoms with Crippen LogP contribution in [0.1, 0.15) is 73.6 Å². The van der Waals surface area contributed by atoms with Crippen LogP contribution < -0.4 is 11.2 Å². The normalized spacial score (nSPS) is 27.7. The number of H-pyrrole nitrogens is 1. The lowest BCUT2D eigenvalue weighted by molar-refractivity contribution is -0.0566. The lowest BCUT2D eigenvalue weighted by Gasteiger charge is -2.51. The van der Waals surface area contributed by atoms with E-state index in [4.69, 9.17) is 17.7 Å². The molecule has 0 unspecified atom stereocenters. The minimum Gasteiger partial charge on any atom is -0.414 e. The topological polar surface area (TPSA) is 91.8 Å². The van der Waals surface area contributed by atoms with E-state index in [1.54, 1.807) is 13.1 Å². The van der Waals surface area contributed by atoms with Crippen LogP contribution in [-0.4, -0.2) is 45.5 Å². The third kappa shape index (κ3) is 4.37. The zero-order valence-corrected chi connectivity index (χ0v) is 22.9. The lowest BCUT2D eigenvalue weighted by Crippen LogP contribution is -2.65. The third-order valence-corrected chi connectivity index (χ3v) is 17.3. The number of aromatic amines is 1. The second-order valence-corrected chi connectivity index (χ2v) is 19.3. The molecule has 0 aromatic carbocycles. The molecule has 2 aliphatic heterocycles. The van der Waals surface area contributed by atoms with Crippen LogP contribution in [0.3, 0.4) is 0 Å². The van der Waals surface area contributed by atoms with E-state index < -0.39 is 29.0 Å². The maximum absolute atomic E-state index is 12.5. The smallest absolute Gasteiger partial charge is 0.335 e. The number of hydrogen-bond acceptors (Lipinski definition) is 6. The van der Waals surface area contributed by atoms with Gasteiger partial charge in [-0.25, -0.2) is 4.79 Å². The van der Waals surface area contributed by atoms with E-state index in [2.05, 4.69) is 60.4 Å². The Labute approximate surface area is 193 Å². The Morgan fingerprint density at radius 3 is 2.03 bits per heavy atom. The molecule has 1 aromatic rings. The second-order valence-electron chi connectivity index (χ2n) is 10.5. The van der Waals surface area contributed by atoms with Gasteiger partial charge in [-0.05, 0) is 29.1 Å². The molecule has 3 heterocycles. The third-order valence-electron chi connectivity index (χ3n) is 6.98. The first-order chi connectivity index (χ1) is 14.8. The van der Waals surface area contributed by atoms with Crippen LogP contribution in [0.2, 0.25) is 22.2 Å². The van der Waals surface area contributed by atoms with Crippen molar-refractivity contribution < 1.29 is 17.7 Å². The molecule has 32 heavy (non-hydrogen) atoms. The van der Waals surface area contributed by atoms with Crippen LogP contribution in [0, 0.1) is 6.92 Å². The Morgan fingerprint density at radius 1 is 0.938 bits per heavy atom. The van der Waals surface area contributed by atoms with Gasteiger partial charge in [-0.3, -0.25) is 14.3 Å². The molecule has 3 rings (SSSR count). The fourth-order valence-corrected chi connectivity index (χ4v) is 16.3. The summed E-state index contributed by atoms with van der Waals surface area (Å²) in [5.74, 6) is 0. The minimum atomic E-state index is -2.72. The number of nitrogens with one attached hydrogen (secondary N) is 1. The highest BCUT2D eigenvalue weighted by Crippen LogP contribution is 2.48. The van der Waals surface area contributed by atoms with E-state index in [0.717, 1.165) is 0 Å². The average Bonchev–Trinajstić information content (AvgIpc) is 3.05. The van der Waals surface area contributed by atoms with Gasteiger partial charge in [0.15, 0.2) is 0 Å². The van der Waals surface area contributed by atoms with Crippen LogP contribution in [0.15, 0.2) is 15.8 Å². The highest BCUT2D eigenvalue weighted by Gasteiger charge is 2.60. The van der Waals surface area contributed by atoms with Gasteiger partial charge in [0.2, 0.25) is 0 Å². The largest absolute Gasteiger partial charge is 0.414 e. The highest BCUT2D eigenvalue weighted by atomic mass is 28.5. The maximum Gasteiger partial charge on any atom is 0.335 e. The summed E-state index contributed by atoms with van der Waals surface area (Å²) in [5, 5.41) is 0. The summed E-state index contributed by atoms with van der Waals surface area (Å²) in [7, 11) is -5.35. The number of ether oxygens (including phenoxy) is 1. The first-order valence-electron chi connectivity index (χ1n) is 11.8. The fourth-order valence-electron chi connectivity index (χ4n) is 5.11. The Balaban J connectivity index is 2.04. The van der Waals surface area contributed by atoms with Gasteiger partial charge in [0.25, 0.3) is 5.56 Å². The van der Waals surface area contributed by atoms with Crippen molar-refractivity contribution in [3.63, 3.8) is 0 Å². The Hall–Kier alpha value is -1.05. The van der Waals surface area contributed by atoms with Gasteiger partial charge in [-0.15, -0.1) is 0 Å². The summed E-state index contributed by atoms with van der Waals surface area (Å²) in [5.41, 5.74) is 0.595. The summed E-state index contributed by atoms with van der Waals surface area (Å²) in [4.78, 5) is 26.7. The molecule has 2 fully saturated rings. The predicted octanol–water partition coefficient (Wildman–Crippen LogP) is 4.09. The Kier molecular flexibility index (Phi) is 7.44. The van der Waals surface area contributed by atoms with Gasteiger partial charge < -0.3 is 17.7 Å². The number of aromatic nitrogens is 2. The van der Waals surface area contributed by atoms with Gasteiger partial charge in [0, 0.05) is 18.2 Å². The molecule has 182 valence electrons. The zero-order chi connectivity index (χ0) is 24.0. The molecular weight excluding hydrogens is 444 g/mol. The van der Waals surface area contributed by atoms with E-state index in [1.807, 2.05) is 0 Å². The summed E-state index contributed by atoms with van der Waals surface area (Å²) in [6, 6.07) is 0. The summed E-state index contributed by atoms with van der Waals surface area (Å²) >= 11 is 0. The number of nitrogens with zero attached hydrogens (tertiary/aromatic N) is 1. The van der Waals surface area contributed by atoms with E-state index in [9.17, 15) is 9.59 Å². The van der Waals surface area contributed by atoms with E-state index in [0.29, 0.717) is 18.6 Å². The number of fused-ring (bicyclic) bond motifs is 1. The van der Waals surface area contributed by atoms with Gasteiger partial charge >= 0.3 is 22.8 Å². The molecule has 0 amide bonds. The van der Waals surface area contributed by atoms with Crippen molar-refractivity contribution in [1.29, 1.82) is 0 Å². The van der Waals surface area contributed by atoms with Crippen molar-refractivity contribution in [1.82, 2.24) is 9.55 Å². The molecule has 0 bridgehead atoms. The fraction of sp³-hybridized carbons (Fsp3) is 0.818. The first-order valence-corrected chi connectivity index (χ1v) is 15.8. The molecule has 1 N–H and O–H groups in total. The van der Waals surface area contributed by atoms with E-state index >= 15 is 0 Å². The van der Waals surface area contributed by atoms with Gasteiger partial charge in [0.1, 0.15) is 12.3 Å². The van der Waals surface area contributed by atoms with Crippen molar-refractivity contribution in [3.8, 4) is 0 Å². The van der Waals surface area contributed by atoms with Crippen LogP contribution in [0.4, 0.5) is 0 Å². The second kappa shape index (κ2) is 9.30. The summed E-state index contributed by atoms with van der Waals surface area (Å²) in [6.45, 7) is 19.5. The van der Waals surface area contributed by atoms with Crippen LogP contribution in [0.5, 0.6) is 0 Å². The molecule has 2 aliphatic rings. The highest BCUT2D eigenvalue weighted by molar-refractivity contribution is 6.83. The Morgan fingerprint density at radius 2 is 1.50 bits per heavy atom. The van der Waals surface area contributed by atoms with Crippen LogP contribution in [-0.2, 0) is 17.7 Å². The van der Waals surface area contributed by atoms with Crippen molar-refractivity contribution in [3.05, 3.63) is 32.6 Å². The number of aryl methyl sites for hydroxylation is 1. The molecule has 0 spiro atoms. The average molecular weight is 485 g/mol. The Bertz CT molecular complexity index is 910. The zero-order valence-electron chi connectivity index (χ0n) is 20.9. The van der Waals surface area contributed by atoms with E-state index in [-0.39, 0.29) is 39.9 Å². The SMILES string of the molecule is Cc1cn([C@H]2C[C@H]3O[Si](C(C)C)(C(C)C)O[Si](C(C)C)(C(C)C)OC[C@@H]3O2)c(=O)[nH]c1=O. The van der Waals surface area contributed by atoms with E-state index in [1.165, 1.54) is 4.57 Å². The van der Waals surface area contributed by atoms with Crippen molar-refractivity contribution in [2.75, 3.05) is 6.61 Å². The molecule has 10 heteroatoms. The van der Waals surface area contributed by atoms with Gasteiger partial charge in [-0.1, -0.05) is 55.4 Å². The standard InChI is InChI=1S/C22H40N2O6Si2/c1-13(2)31(14(3)4)27-12-19-18(29-32(30-31,15(5)6)16(7)8)10-20(28-19)24-11-17(9)21(25)23-22(24)26/h11,13-16,18-20H,10,12H2,1-9H3,(H,23,25,26)/t18-,19+,20-/m1/s1. The molecule has 1 aromatic heterocycles. The molecule has 0 radical (unpaired) electrons. The molecule has 8 nitrogen and oxygen atoms in total.